The molecule has 1 saturated heterocycles. The van der Waals surface area contributed by atoms with Crippen LogP contribution in [0.5, 0.6) is 0 Å². The molecule has 4 rings (SSSR count). The van der Waals surface area contributed by atoms with Gasteiger partial charge in [0.25, 0.3) is 11.6 Å². The van der Waals surface area contributed by atoms with Crippen molar-refractivity contribution < 1.29 is 9.32 Å². The summed E-state index contributed by atoms with van der Waals surface area (Å²) in [6.45, 7) is 9.69. The van der Waals surface area contributed by atoms with E-state index in [2.05, 4.69) is 44.4 Å². The van der Waals surface area contributed by atoms with Crippen molar-refractivity contribution in [3.05, 3.63) is 53.3 Å². The Morgan fingerprint density at radius 1 is 1.17 bits per heavy atom. The number of pyridine rings is 1. The molecule has 0 saturated carbocycles. The second-order valence-corrected chi connectivity index (χ2v) is 8.35. The predicted octanol–water partition coefficient (Wildman–Crippen LogP) is 3.39. The maximum Gasteiger partial charge on any atom is 0.257 e. The molecule has 3 aromatic rings. The second kappa shape index (κ2) is 8.93. The summed E-state index contributed by atoms with van der Waals surface area (Å²) >= 11 is 0. The minimum atomic E-state index is -0.189. The summed E-state index contributed by atoms with van der Waals surface area (Å²) in [5.41, 5.74) is 3.82. The number of amides is 1. The first kappa shape index (κ1) is 20.5. The summed E-state index contributed by atoms with van der Waals surface area (Å²) < 4.78 is 5.25. The van der Waals surface area contributed by atoms with E-state index in [1.165, 1.54) is 11.8 Å². The number of fused-ring (bicyclic) bond motifs is 1. The number of benzene rings is 1. The Morgan fingerprint density at radius 3 is 2.60 bits per heavy atom. The minimum absolute atomic E-state index is 0.189. The summed E-state index contributed by atoms with van der Waals surface area (Å²) in [6, 6.07) is 9.89. The van der Waals surface area contributed by atoms with Crippen molar-refractivity contribution in [2.45, 2.75) is 26.2 Å². The normalized spacial score (nSPS) is 15.7. The average Bonchev–Trinajstić information content (AvgIpc) is 3.18. The van der Waals surface area contributed by atoms with Gasteiger partial charge >= 0.3 is 0 Å². The van der Waals surface area contributed by atoms with E-state index < -0.39 is 0 Å². The third kappa shape index (κ3) is 4.68. The van der Waals surface area contributed by atoms with E-state index in [0.717, 1.165) is 55.9 Å². The first-order valence-corrected chi connectivity index (χ1v) is 10.6. The fourth-order valence-electron chi connectivity index (χ4n) is 3.71. The molecule has 1 amide bonds. The van der Waals surface area contributed by atoms with Gasteiger partial charge in [0, 0.05) is 44.6 Å². The Labute approximate surface area is 177 Å². The first-order valence-electron chi connectivity index (χ1n) is 10.6. The largest absolute Gasteiger partial charge is 0.336 e. The van der Waals surface area contributed by atoms with Crippen LogP contribution in [0.1, 0.15) is 41.4 Å². The van der Waals surface area contributed by atoms with Crippen molar-refractivity contribution in [2.75, 3.05) is 45.1 Å². The van der Waals surface area contributed by atoms with Gasteiger partial charge in [-0.1, -0.05) is 31.1 Å². The number of carbonyl (C=O) groups is 1. The van der Waals surface area contributed by atoms with Gasteiger partial charge in [-0.25, -0.2) is 4.98 Å². The first-order chi connectivity index (χ1) is 14.5. The van der Waals surface area contributed by atoms with E-state index in [-0.39, 0.29) is 11.8 Å². The Bertz CT molecular complexity index is 1000. The molecular weight excluding hydrogens is 378 g/mol. The van der Waals surface area contributed by atoms with Gasteiger partial charge in [0.05, 0.1) is 16.6 Å². The zero-order valence-electron chi connectivity index (χ0n) is 17.9. The molecule has 0 spiro atoms. The third-order valence-electron chi connectivity index (χ3n) is 5.69. The lowest BCUT2D eigenvalue weighted by Crippen LogP contribution is -2.45. The fourth-order valence-corrected chi connectivity index (χ4v) is 3.71. The molecule has 30 heavy (non-hydrogen) atoms. The van der Waals surface area contributed by atoms with Crippen LogP contribution in [-0.4, -0.2) is 65.6 Å². The van der Waals surface area contributed by atoms with E-state index in [1.54, 1.807) is 6.07 Å². The molecule has 2 aromatic heterocycles. The Morgan fingerprint density at radius 2 is 1.90 bits per heavy atom. The van der Waals surface area contributed by atoms with Crippen LogP contribution in [-0.2, 0) is 6.42 Å². The fraction of sp³-hybridized carbons (Fsp3) is 0.435. The molecule has 0 bridgehead atoms. The molecule has 0 unspecified atom stereocenters. The maximum atomic E-state index is 12.7. The highest BCUT2D eigenvalue weighted by molar-refractivity contribution is 6.05. The summed E-state index contributed by atoms with van der Waals surface area (Å²) in [5, 5.41) is 7.81. The van der Waals surface area contributed by atoms with Crippen molar-refractivity contribution in [1.82, 2.24) is 19.9 Å². The van der Waals surface area contributed by atoms with Crippen LogP contribution >= 0.6 is 0 Å². The molecule has 3 heterocycles. The predicted molar refractivity (Wildman–Crippen MR) is 118 cm³/mol. The van der Waals surface area contributed by atoms with Crippen molar-refractivity contribution in [2.24, 2.45) is 0 Å². The molecular formula is C23H29N5O2. The van der Waals surface area contributed by atoms with E-state index in [9.17, 15) is 4.79 Å². The molecule has 0 atom stereocenters. The number of hydrogen-bond acceptors (Lipinski definition) is 6. The van der Waals surface area contributed by atoms with E-state index >= 15 is 0 Å². The van der Waals surface area contributed by atoms with Gasteiger partial charge in [0.1, 0.15) is 0 Å². The standard InChI is InChI=1S/C23H29N5O2/c1-16(2)21-20-14-18(15-24-23(20)30-26-21)22(29)25-19-6-4-17(5-7-19)8-9-28-12-10-27(3)11-13-28/h4-7,14-16H,8-13H2,1-3H3,(H,25,29). The number of nitrogens with zero attached hydrogens (tertiary/aromatic N) is 4. The molecule has 1 fully saturated rings. The molecule has 158 valence electrons. The third-order valence-corrected chi connectivity index (χ3v) is 5.69. The molecule has 1 aliphatic heterocycles. The zero-order chi connectivity index (χ0) is 21.1. The van der Waals surface area contributed by atoms with Gasteiger partial charge in [0.15, 0.2) is 0 Å². The molecule has 1 aliphatic rings. The number of rotatable bonds is 6. The molecule has 0 aliphatic carbocycles. The molecule has 1 N–H and O–H groups in total. The SMILES string of the molecule is CC(C)c1noc2ncc(C(=O)Nc3ccc(CCN4CCN(C)CC4)cc3)cc12. The summed E-state index contributed by atoms with van der Waals surface area (Å²) in [6.07, 6.45) is 2.54. The van der Waals surface area contributed by atoms with Crippen LogP contribution in [0.3, 0.4) is 0 Å². The number of likely N-dealkylation sites (N-methyl/N-ethyl adjacent to an activating group) is 1. The number of aromatic nitrogens is 2. The van der Waals surface area contributed by atoms with Crippen molar-refractivity contribution >= 4 is 22.7 Å². The summed E-state index contributed by atoms with van der Waals surface area (Å²) in [7, 11) is 2.17. The zero-order valence-corrected chi connectivity index (χ0v) is 17.9. The van der Waals surface area contributed by atoms with E-state index in [1.807, 2.05) is 26.0 Å². The quantitative estimate of drug-likeness (QED) is 0.675. The maximum absolute atomic E-state index is 12.7. The number of carbonyl (C=O) groups excluding carboxylic acids is 1. The minimum Gasteiger partial charge on any atom is -0.336 e. The summed E-state index contributed by atoms with van der Waals surface area (Å²) in [5.74, 6) is 0.00949. The smallest absolute Gasteiger partial charge is 0.257 e. The van der Waals surface area contributed by atoms with Crippen molar-refractivity contribution in [3.63, 3.8) is 0 Å². The molecule has 0 radical (unpaired) electrons. The Kier molecular flexibility index (Phi) is 6.11. The van der Waals surface area contributed by atoms with Gasteiger partial charge in [-0.3, -0.25) is 4.79 Å². The van der Waals surface area contributed by atoms with Gasteiger partial charge in [-0.05, 0) is 43.1 Å². The van der Waals surface area contributed by atoms with E-state index in [4.69, 9.17) is 4.52 Å². The van der Waals surface area contributed by atoms with Crippen molar-refractivity contribution in [1.29, 1.82) is 0 Å². The second-order valence-electron chi connectivity index (χ2n) is 8.35. The van der Waals surface area contributed by atoms with Gasteiger partial charge in [0.2, 0.25) is 0 Å². The van der Waals surface area contributed by atoms with Crippen LogP contribution in [0.25, 0.3) is 11.1 Å². The highest BCUT2D eigenvalue weighted by Gasteiger charge is 2.16. The van der Waals surface area contributed by atoms with Crippen LogP contribution in [0.15, 0.2) is 41.1 Å². The molecule has 1 aromatic carbocycles. The number of piperazine rings is 1. The summed E-state index contributed by atoms with van der Waals surface area (Å²) in [4.78, 5) is 21.8. The Balaban J connectivity index is 1.36. The molecule has 7 nitrogen and oxygen atoms in total. The topological polar surface area (TPSA) is 74.5 Å². The van der Waals surface area contributed by atoms with E-state index in [0.29, 0.717) is 11.3 Å². The van der Waals surface area contributed by atoms with Crippen LogP contribution in [0, 0.1) is 0 Å². The van der Waals surface area contributed by atoms with Crippen LogP contribution < -0.4 is 5.32 Å². The number of hydrogen-bond donors (Lipinski definition) is 1. The highest BCUT2D eigenvalue weighted by Crippen LogP contribution is 2.24. The van der Waals surface area contributed by atoms with Gasteiger partial charge in [-0.2, -0.15) is 0 Å². The lowest BCUT2D eigenvalue weighted by atomic mass is 10.1. The van der Waals surface area contributed by atoms with Crippen LogP contribution in [0.4, 0.5) is 5.69 Å². The molecule has 7 heteroatoms. The highest BCUT2D eigenvalue weighted by atomic mass is 16.5. The van der Waals surface area contributed by atoms with Gasteiger partial charge in [-0.15, -0.1) is 0 Å². The van der Waals surface area contributed by atoms with Crippen molar-refractivity contribution in [3.8, 4) is 0 Å². The van der Waals surface area contributed by atoms with Crippen LogP contribution in [0.2, 0.25) is 0 Å². The number of anilines is 1. The lowest BCUT2D eigenvalue weighted by molar-refractivity contribution is 0.102. The number of nitrogens with one attached hydrogen (secondary N) is 1. The average molecular weight is 408 g/mol. The Hall–Kier alpha value is -2.77. The lowest BCUT2D eigenvalue weighted by Gasteiger charge is -2.32. The monoisotopic (exact) mass is 407 g/mol. The van der Waals surface area contributed by atoms with Gasteiger partial charge < -0.3 is 19.6 Å².